The fourth-order valence-electron chi connectivity index (χ4n) is 2.58. The Morgan fingerprint density at radius 3 is 3.00 bits per heavy atom. The summed E-state index contributed by atoms with van der Waals surface area (Å²) in [5.74, 6) is 0.281. The number of pyridine rings is 1. The molecule has 4 nitrogen and oxygen atoms in total. The largest absolute Gasteiger partial charge is 0.469 e. The average molecular weight is 256 g/mol. The van der Waals surface area contributed by atoms with Crippen molar-refractivity contribution in [2.45, 2.75) is 6.42 Å². The minimum absolute atomic E-state index is 0.121. The summed E-state index contributed by atoms with van der Waals surface area (Å²) in [6.45, 7) is 1.81. The van der Waals surface area contributed by atoms with E-state index < -0.39 is 0 Å². The number of carbonyl (C=O) groups is 1. The van der Waals surface area contributed by atoms with Gasteiger partial charge >= 0.3 is 5.97 Å². The highest BCUT2D eigenvalue weighted by Gasteiger charge is 2.29. The van der Waals surface area contributed by atoms with Crippen LogP contribution in [0, 0.1) is 5.92 Å². The number of hydrogen-bond donors (Lipinski definition) is 0. The predicted molar refractivity (Wildman–Crippen MR) is 74.1 cm³/mol. The van der Waals surface area contributed by atoms with Crippen molar-refractivity contribution in [3.8, 4) is 0 Å². The number of ether oxygens (including phenoxy) is 1. The lowest BCUT2D eigenvalue weighted by Gasteiger charge is -2.41. The van der Waals surface area contributed by atoms with Crippen molar-refractivity contribution in [3.63, 3.8) is 0 Å². The Labute approximate surface area is 112 Å². The number of rotatable bonds is 3. The third-order valence-electron chi connectivity index (χ3n) is 3.60. The Balaban J connectivity index is 1.75. The Morgan fingerprint density at radius 1 is 1.37 bits per heavy atom. The first-order valence-corrected chi connectivity index (χ1v) is 6.43. The van der Waals surface area contributed by atoms with Gasteiger partial charge in [0.25, 0.3) is 0 Å². The number of anilines is 1. The third kappa shape index (κ3) is 2.26. The van der Waals surface area contributed by atoms with Gasteiger partial charge in [-0.25, -0.2) is 0 Å². The Kier molecular flexibility index (Phi) is 3.07. The molecule has 1 aliphatic heterocycles. The molecule has 0 radical (unpaired) electrons. The van der Waals surface area contributed by atoms with E-state index in [1.165, 1.54) is 18.2 Å². The molecule has 0 saturated carbocycles. The molecule has 1 aliphatic rings. The van der Waals surface area contributed by atoms with Crippen LogP contribution in [0.25, 0.3) is 10.9 Å². The van der Waals surface area contributed by atoms with Crippen molar-refractivity contribution in [1.82, 2.24) is 4.98 Å². The number of nitrogens with zero attached hydrogens (tertiary/aromatic N) is 2. The highest BCUT2D eigenvalue weighted by Crippen LogP contribution is 2.32. The van der Waals surface area contributed by atoms with E-state index in [1.807, 2.05) is 24.4 Å². The van der Waals surface area contributed by atoms with Crippen molar-refractivity contribution in [1.29, 1.82) is 0 Å². The fraction of sp³-hybridized carbons (Fsp3) is 0.333. The van der Waals surface area contributed by atoms with Gasteiger partial charge in [0.05, 0.1) is 19.0 Å². The predicted octanol–water partition coefficient (Wildman–Crippen LogP) is 2.23. The smallest absolute Gasteiger partial charge is 0.305 e. The molecular weight excluding hydrogens is 240 g/mol. The van der Waals surface area contributed by atoms with Gasteiger partial charge in [0.2, 0.25) is 0 Å². The molecule has 0 bridgehead atoms. The van der Waals surface area contributed by atoms with Crippen LogP contribution in [-0.2, 0) is 9.53 Å². The molecule has 3 rings (SSSR count). The maximum absolute atomic E-state index is 11.2. The Bertz CT molecular complexity index is 601. The minimum Gasteiger partial charge on any atom is -0.469 e. The highest BCUT2D eigenvalue weighted by atomic mass is 16.5. The summed E-state index contributed by atoms with van der Waals surface area (Å²) in [5, 5.41) is 1.17. The van der Waals surface area contributed by atoms with Crippen LogP contribution >= 0.6 is 0 Å². The summed E-state index contributed by atoms with van der Waals surface area (Å²) in [5.41, 5.74) is 2.21. The van der Waals surface area contributed by atoms with Crippen LogP contribution in [0.3, 0.4) is 0 Å². The summed E-state index contributed by atoms with van der Waals surface area (Å²) in [4.78, 5) is 17.9. The van der Waals surface area contributed by atoms with E-state index in [0.29, 0.717) is 12.3 Å². The van der Waals surface area contributed by atoms with Gasteiger partial charge in [-0.2, -0.15) is 0 Å². The molecule has 0 atom stereocenters. The number of fused-ring (bicyclic) bond motifs is 1. The molecule has 0 aliphatic carbocycles. The van der Waals surface area contributed by atoms with Gasteiger partial charge in [-0.05, 0) is 24.3 Å². The molecule has 4 heteroatoms. The first-order valence-electron chi connectivity index (χ1n) is 6.43. The summed E-state index contributed by atoms with van der Waals surface area (Å²) in [6, 6.07) is 10.2. The molecule has 98 valence electrons. The van der Waals surface area contributed by atoms with Crippen LogP contribution in [0.2, 0.25) is 0 Å². The van der Waals surface area contributed by atoms with Crippen molar-refractivity contribution < 1.29 is 9.53 Å². The summed E-state index contributed by atoms with van der Waals surface area (Å²) < 4.78 is 4.70. The number of aromatic nitrogens is 1. The van der Waals surface area contributed by atoms with E-state index in [9.17, 15) is 4.79 Å². The molecule has 0 unspecified atom stereocenters. The molecule has 0 spiro atoms. The van der Waals surface area contributed by atoms with Crippen molar-refractivity contribution >= 4 is 22.6 Å². The molecule has 1 aromatic carbocycles. The monoisotopic (exact) mass is 256 g/mol. The molecular formula is C15H16N2O2. The average Bonchev–Trinajstić information content (AvgIpc) is 2.41. The van der Waals surface area contributed by atoms with Gasteiger partial charge in [-0.1, -0.05) is 6.07 Å². The van der Waals surface area contributed by atoms with Crippen LogP contribution in [-0.4, -0.2) is 31.2 Å². The van der Waals surface area contributed by atoms with Crippen molar-refractivity contribution in [2.24, 2.45) is 5.92 Å². The number of esters is 1. The molecule has 1 saturated heterocycles. The van der Waals surface area contributed by atoms with Crippen LogP contribution in [0.1, 0.15) is 6.42 Å². The van der Waals surface area contributed by atoms with Gasteiger partial charge in [0, 0.05) is 36.3 Å². The normalized spacial score (nSPS) is 15.3. The van der Waals surface area contributed by atoms with Crippen LogP contribution in [0.4, 0.5) is 5.69 Å². The molecule has 1 fully saturated rings. The van der Waals surface area contributed by atoms with Crippen molar-refractivity contribution in [3.05, 3.63) is 36.5 Å². The lowest BCUT2D eigenvalue weighted by atomic mass is 9.95. The second-order valence-electron chi connectivity index (χ2n) is 4.90. The lowest BCUT2D eigenvalue weighted by molar-refractivity contribution is -0.141. The van der Waals surface area contributed by atoms with E-state index in [-0.39, 0.29) is 5.97 Å². The van der Waals surface area contributed by atoms with E-state index in [2.05, 4.69) is 22.0 Å². The second-order valence-corrected chi connectivity index (χ2v) is 4.90. The zero-order valence-corrected chi connectivity index (χ0v) is 10.9. The summed E-state index contributed by atoms with van der Waals surface area (Å²) in [7, 11) is 1.44. The first-order chi connectivity index (χ1) is 9.28. The first kappa shape index (κ1) is 12.0. The van der Waals surface area contributed by atoms with Crippen molar-refractivity contribution in [2.75, 3.05) is 25.1 Å². The number of methoxy groups -OCH3 is 1. The van der Waals surface area contributed by atoms with Crippen LogP contribution in [0.5, 0.6) is 0 Å². The SMILES string of the molecule is COC(=O)CC1CN(c2cccc3ncccc23)C1. The second kappa shape index (κ2) is 4.88. The number of benzene rings is 1. The molecule has 2 aromatic rings. The number of carbonyl (C=O) groups excluding carboxylic acids is 1. The molecule has 0 amide bonds. The Hall–Kier alpha value is -2.10. The van der Waals surface area contributed by atoms with Crippen LogP contribution < -0.4 is 4.90 Å². The molecule has 1 aromatic heterocycles. The lowest BCUT2D eigenvalue weighted by Crippen LogP contribution is -2.47. The standard InChI is InChI=1S/C15H16N2O2/c1-19-15(18)8-11-9-17(10-11)14-6-2-5-13-12(14)4-3-7-16-13/h2-7,11H,8-10H2,1H3. The van der Waals surface area contributed by atoms with E-state index in [4.69, 9.17) is 4.74 Å². The van der Waals surface area contributed by atoms with Gasteiger partial charge in [-0.15, -0.1) is 0 Å². The van der Waals surface area contributed by atoms with Gasteiger partial charge in [0.15, 0.2) is 0 Å². The zero-order valence-electron chi connectivity index (χ0n) is 10.9. The van der Waals surface area contributed by atoms with E-state index in [1.54, 1.807) is 0 Å². The quantitative estimate of drug-likeness (QED) is 0.790. The molecule has 0 N–H and O–H groups in total. The van der Waals surface area contributed by atoms with E-state index in [0.717, 1.165) is 18.6 Å². The third-order valence-corrected chi connectivity index (χ3v) is 3.60. The minimum atomic E-state index is -0.121. The summed E-state index contributed by atoms with van der Waals surface area (Å²) >= 11 is 0. The maximum Gasteiger partial charge on any atom is 0.305 e. The Morgan fingerprint density at radius 2 is 2.21 bits per heavy atom. The molecule has 2 heterocycles. The zero-order chi connectivity index (χ0) is 13.2. The van der Waals surface area contributed by atoms with Gasteiger partial charge in [0.1, 0.15) is 0 Å². The molecule has 19 heavy (non-hydrogen) atoms. The summed E-state index contributed by atoms with van der Waals surface area (Å²) in [6.07, 6.45) is 2.32. The topological polar surface area (TPSA) is 42.4 Å². The van der Waals surface area contributed by atoms with Gasteiger partial charge in [-0.3, -0.25) is 9.78 Å². The van der Waals surface area contributed by atoms with Gasteiger partial charge < -0.3 is 9.64 Å². The van der Waals surface area contributed by atoms with Crippen LogP contribution in [0.15, 0.2) is 36.5 Å². The highest BCUT2D eigenvalue weighted by molar-refractivity contribution is 5.92. The van der Waals surface area contributed by atoms with E-state index >= 15 is 0 Å². The number of hydrogen-bond acceptors (Lipinski definition) is 4. The maximum atomic E-state index is 11.2. The fourth-order valence-corrected chi connectivity index (χ4v) is 2.58.